The van der Waals surface area contributed by atoms with Crippen LogP contribution in [0.1, 0.15) is 26.3 Å². The fraction of sp³-hybridized carbons (Fsp3) is 0.417. The first-order valence-electron chi connectivity index (χ1n) is 5.50. The molecule has 1 aromatic carbocycles. The van der Waals surface area contributed by atoms with Crippen LogP contribution in [-0.4, -0.2) is 21.9 Å². The summed E-state index contributed by atoms with van der Waals surface area (Å²) in [5.41, 5.74) is 0.273. The van der Waals surface area contributed by atoms with Gasteiger partial charge in [0.15, 0.2) is 0 Å². The number of nitrogens with zero attached hydrogens (tertiary/aromatic N) is 1. The van der Waals surface area contributed by atoms with E-state index >= 15 is 0 Å². The summed E-state index contributed by atoms with van der Waals surface area (Å²) in [5.74, 6) is -0.451. The Bertz CT molecular complexity index is 500. The molecule has 0 saturated heterocycles. The van der Waals surface area contributed by atoms with Crippen LogP contribution in [0.4, 0.5) is 13.2 Å². The van der Waals surface area contributed by atoms with Gasteiger partial charge in [-0.15, -0.1) is 13.2 Å². The molecule has 3 nitrogen and oxygen atoms in total. The Morgan fingerprint density at radius 2 is 1.85 bits per heavy atom. The number of hydrogen-bond acceptors (Lipinski definition) is 3. The van der Waals surface area contributed by atoms with Crippen molar-refractivity contribution in [1.29, 1.82) is 0 Å². The molecule has 112 valence electrons. The first kappa shape index (κ1) is 17.1. The van der Waals surface area contributed by atoms with Gasteiger partial charge in [0.05, 0.1) is 6.21 Å². The molecule has 1 unspecified atom stereocenters. The van der Waals surface area contributed by atoms with Crippen molar-refractivity contribution in [3.63, 3.8) is 0 Å². The van der Waals surface area contributed by atoms with Crippen LogP contribution >= 0.6 is 11.6 Å². The van der Waals surface area contributed by atoms with Crippen molar-refractivity contribution < 1.29 is 22.5 Å². The molecule has 1 aromatic rings. The summed E-state index contributed by atoms with van der Waals surface area (Å²) >= 11 is 4.19. The van der Waals surface area contributed by atoms with E-state index in [0.717, 1.165) is 12.1 Å². The van der Waals surface area contributed by atoms with E-state index in [0.29, 0.717) is 0 Å². The maximum atomic E-state index is 12.1. The van der Waals surface area contributed by atoms with Gasteiger partial charge in [0.2, 0.25) is 0 Å². The van der Waals surface area contributed by atoms with Crippen LogP contribution in [0.2, 0.25) is 5.02 Å². The molecule has 1 rings (SSSR count). The second-order valence-corrected chi connectivity index (χ2v) is 7.23. The SMILES string of the molecule is CC(C)(C)[S+]([O-])N=Cc1cc(Cl)cc(OC(F)(F)F)c1. The Hall–Kier alpha value is -0.920. The average molecular weight is 328 g/mol. The Labute approximate surface area is 123 Å². The van der Waals surface area contributed by atoms with Gasteiger partial charge in [0.1, 0.15) is 21.9 Å². The van der Waals surface area contributed by atoms with Crippen LogP contribution in [0, 0.1) is 0 Å². The summed E-state index contributed by atoms with van der Waals surface area (Å²) in [6, 6.07) is 3.55. The lowest BCUT2D eigenvalue weighted by molar-refractivity contribution is -0.274. The van der Waals surface area contributed by atoms with Crippen molar-refractivity contribution in [2.45, 2.75) is 31.9 Å². The zero-order valence-electron chi connectivity index (χ0n) is 11.0. The van der Waals surface area contributed by atoms with E-state index < -0.39 is 28.2 Å². The lowest BCUT2D eigenvalue weighted by Crippen LogP contribution is -2.25. The molecule has 8 heteroatoms. The molecular weight excluding hydrogens is 315 g/mol. The Morgan fingerprint density at radius 1 is 1.25 bits per heavy atom. The van der Waals surface area contributed by atoms with Gasteiger partial charge in [-0.05, 0) is 39.0 Å². The first-order valence-corrected chi connectivity index (χ1v) is 6.98. The summed E-state index contributed by atoms with van der Waals surface area (Å²) in [5, 5.41) is 0.0646. The lowest BCUT2D eigenvalue weighted by atomic mass is 10.2. The quantitative estimate of drug-likeness (QED) is 0.619. The summed E-state index contributed by atoms with van der Waals surface area (Å²) in [4.78, 5) is 0. The van der Waals surface area contributed by atoms with Gasteiger partial charge in [0, 0.05) is 10.6 Å². The predicted octanol–water partition coefficient (Wildman–Crippen LogP) is 4.12. The van der Waals surface area contributed by atoms with Gasteiger partial charge in [-0.3, -0.25) is 0 Å². The van der Waals surface area contributed by atoms with Gasteiger partial charge in [-0.2, -0.15) is 0 Å². The maximum absolute atomic E-state index is 12.1. The van der Waals surface area contributed by atoms with Crippen LogP contribution in [0.15, 0.2) is 22.6 Å². The highest BCUT2D eigenvalue weighted by molar-refractivity contribution is 7.91. The van der Waals surface area contributed by atoms with Crippen LogP contribution in [0.25, 0.3) is 0 Å². The van der Waals surface area contributed by atoms with Crippen molar-refractivity contribution in [2.24, 2.45) is 4.40 Å². The predicted molar refractivity (Wildman–Crippen MR) is 73.6 cm³/mol. The van der Waals surface area contributed by atoms with Crippen molar-refractivity contribution in [3.05, 3.63) is 28.8 Å². The van der Waals surface area contributed by atoms with Crippen molar-refractivity contribution in [2.75, 3.05) is 0 Å². The molecule has 20 heavy (non-hydrogen) atoms. The van der Waals surface area contributed by atoms with Crippen molar-refractivity contribution in [3.8, 4) is 5.75 Å². The number of rotatable bonds is 3. The Kier molecular flexibility index (Phi) is 5.34. The molecular formula is C12H13ClF3NO2S. The number of halogens is 4. The van der Waals surface area contributed by atoms with Crippen LogP contribution in [-0.2, 0) is 11.4 Å². The molecule has 0 saturated carbocycles. The minimum Gasteiger partial charge on any atom is -0.591 e. The van der Waals surface area contributed by atoms with Gasteiger partial charge in [-0.1, -0.05) is 16.0 Å². The average Bonchev–Trinajstić information content (AvgIpc) is 2.21. The van der Waals surface area contributed by atoms with Crippen molar-refractivity contribution in [1.82, 2.24) is 0 Å². The van der Waals surface area contributed by atoms with E-state index in [1.54, 1.807) is 20.8 Å². The second kappa shape index (κ2) is 6.24. The molecule has 0 bridgehead atoms. The zero-order valence-corrected chi connectivity index (χ0v) is 12.6. The Morgan fingerprint density at radius 3 is 2.35 bits per heavy atom. The number of hydrogen-bond donors (Lipinski definition) is 0. The lowest BCUT2D eigenvalue weighted by Gasteiger charge is -2.17. The third kappa shape index (κ3) is 6.02. The molecule has 0 radical (unpaired) electrons. The third-order valence-electron chi connectivity index (χ3n) is 1.95. The molecule has 0 heterocycles. The minimum absolute atomic E-state index is 0.0646. The highest BCUT2D eigenvalue weighted by atomic mass is 35.5. The van der Waals surface area contributed by atoms with Crippen molar-refractivity contribution >= 4 is 29.2 Å². The highest BCUT2D eigenvalue weighted by Crippen LogP contribution is 2.26. The summed E-state index contributed by atoms with van der Waals surface area (Å²) in [7, 11) is 0. The molecule has 0 aromatic heterocycles. The second-order valence-electron chi connectivity index (χ2n) is 4.86. The first-order chi connectivity index (χ1) is 8.97. The van der Waals surface area contributed by atoms with E-state index in [9.17, 15) is 17.7 Å². The summed E-state index contributed by atoms with van der Waals surface area (Å²) in [6.07, 6.45) is -3.59. The van der Waals surface area contributed by atoms with E-state index in [-0.39, 0.29) is 10.6 Å². The summed E-state index contributed by atoms with van der Waals surface area (Å²) < 4.78 is 55.1. The van der Waals surface area contributed by atoms with Gasteiger partial charge < -0.3 is 9.29 Å². The van der Waals surface area contributed by atoms with E-state index in [4.69, 9.17) is 11.6 Å². The molecule has 1 atom stereocenters. The molecule has 0 N–H and O–H groups in total. The molecule has 0 amide bonds. The molecule has 0 aliphatic carbocycles. The van der Waals surface area contributed by atoms with Crippen LogP contribution < -0.4 is 4.74 Å². The molecule has 0 fully saturated rings. The van der Waals surface area contributed by atoms with Gasteiger partial charge >= 0.3 is 6.36 Å². The Balaban J connectivity index is 2.94. The monoisotopic (exact) mass is 327 g/mol. The largest absolute Gasteiger partial charge is 0.591 e. The van der Waals surface area contributed by atoms with E-state index in [2.05, 4.69) is 9.13 Å². The smallest absolute Gasteiger partial charge is 0.573 e. The fourth-order valence-electron chi connectivity index (χ4n) is 1.12. The molecule has 0 spiro atoms. The highest BCUT2D eigenvalue weighted by Gasteiger charge is 2.31. The normalized spacial score (nSPS) is 14.6. The van der Waals surface area contributed by atoms with E-state index in [1.807, 2.05) is 0 Å². The zero-order chi connectivity index (χ0) is 15.6. The van der Waals surface area contributed by atoms with E-state index in [1.165, 1.54) is 12.3 Å². The minimum atomic E-state index is -4.80. The van der Waals surface area contributed by atoms with Gasteiger partial charge in [0.25, 0.3) is 0 Å². The third-order valence-corrected chi connectivity index (χ3v) is 3.51. The molecule has 0 aliphatic rings. The topological polar surface area (TPSA) is 44.7 Å². The number of alkyl halides is 3. The van der Waals surface area contributed by atoms with Gasteiger partial charge in [-0.25, -0.2) is 0 Å². The van der Waals surface area contributed by atoms with Crippen LogP contribution in [0.3, 0.4) is 0 Å². The fourth-order valence-corrected chi connectivity index (χ4v) is 1.89. The molecule has 0 aliphatic heterocycles. The van der Waals surface area contributed by atoms with Crippen LogP contribution in [0.5, 0.6) is 5.75 Å². The standard InChI is InChI=1S/C12H13ClF3NO2S/c1-11(2,3)20(18)17-7-8-4-9(13)6-10(5-8)19-12(14,15)16/h4-7H,1-3H3. The number of ether oxygens (including phenoxy) is 1. The maximum Gasteiger partial charge on any atom is 0.573 e. The summed E-state index contributed by atoms with van der Waals surface area (Å²) in [6.45, 7) is 5.20. The number of benzene rings is 1.